The highest BCUT2D eigenvalue weighted by Gasteiger charge is 2.26. The van der Waals surface area contributed by atoms with Crippen LogP contribution in [0, 0.1) is 5.92 Å². The van der Waals surface area contributed by atoms with E-state index in [1.54, 1.807) is 30.6 Å². The highest BCUT2D eigenvalue weighted by molar-refractivity contribution is 6.03. The van der Waals surface area contributed by atoms with E-state index < -0.39 is 5.91 Å². The van der Waals surface area contributed by atoms with E-state index in [1.807, 2.05) is 0 Å². The molecule has 0 aliphatic heterocycles. The number of fused-ring (bicyclic) bond motifs is 1. The van der Waals surface area contributed by atoms with Crippen LogP contribution in [0.4, 0.5) is 5.69 Å². The molecule has 1 atom stereocenters. The van der Waals surface area contributed by atoms with Crippen molar-refractivity contribution in [2.45, 2.75) is 19.3 Å². The predicted molar refractivity (Wildman–Crippen MR) is 77.7 cm³/mol. The van der Waals surface area contributed by atoms with E-state index in [2.05, 4.69) is 15.3 Å². The summed E-state index contributed by atoms with van der Waals surface area (Å²) >= 11 is 0. The van der Waals surface area contributed by atoms with Crippen LogP contribution in [0.2, 0.25) is 0 Å². The second-order valence-electron chi connectivity index (χ2n) is 5.17. The predicted octanol–water partition coefficient (Wildman–Crippen LogP) is 1.25. The Morgan fingerprint density at radius 2 is 2.14 bits per heavy atom. The average molecular weight is 284 g/mol. The summed E-state index contributed by atoms with van der Waals surface area (Å²) in [5.74, 6) is -0.770. The van der Waals surface area contributed by atoms with Crippen molar-refractivity contribution in [1.29, 1.82) is 0 Å². The summed E-state index contributed by atoms with van der Waals surface area (Å²) in [7, 11) is 0. The second kappa shape index (κ2) is 5.40. The van der Waals surface area contributed by atoms with E-state index in [0.29, 0.717) is 17.7 Å². The zero-order valence-electron chi connectivity index (χ0n) is 11.4. The van der Waals surface area contributed by atoms with Crippen LogP contribution < -0.4 is 11.1 Å². The lowest BCUT2D eigenvalue weighted by Crippen LogP contribution is -2.29. The van der Waals surface area contributed by atoms with Crippen molar-refractivity contribution in [2.24, 2.45) is 11.7 Å². The standard InChI is InChI=1S/C15H16N4O2/c16-14(20)10-3-1-2-4-11(10)19-15(21)9-5-6-12-13(7-9)18-8-17-12/h1-4,8-9H,5-7H2,(H2,16,20)(H,17,18)(H,19,21). The highest BCUT2D eigenvalue weighted by Crippen LogP contribution is 2.24. The number of carbonyl (C=O) groups is 2. The van der Waals surface area contributed by atoms with Gasteiger partial charge in [-0.05, 0) is 25.0 Å². The van der Waals surface area contributed by atoms with Gasteiger partial charge in [0, 0.05) is 18.0 Å². The largest absolute Gasteiger partial charge is 0.366 e. The molecule has 2 aromatic rings. The molecule has 21 heavy (non-hydrogen) atoms. The molecule has 1 heterocycles. The smallest absolute Gasteiger partial charge is 0.250 e. The number of imidazole rings is 1. The van der Waals surface area contributed by atoms with Crippen LogP contribution in [-0.2, 0) is 17.6 Å². The van der Waals surface area contributed by atoms with Gasteiger partial charge in [0.2, 0.25) is 5.91 Å². The summed E-state index contributed by atoms with van der Waals surface area (Å²) in [6.45, 7) is 0. The van der Waals surface area contributed by atoms with Gasteiger partial charge in [-0.3, -0.25) is 9.59 Å². The minimum Gasteiger partial charge on any atom is -0.366 e. The van der Waals surface area contributed by atoms with Crippen molar-refractivity contribution in [3.05, 3.63) is 47.5 Å². The number of aromatic nitrogens is 2. The SMILES string of the molecule is NC(=O)c1ccccc1NC(=O)C1CCc2nc[nH]c2C1. The Labute approximate surface area is 121 Å². The Morgan fingerprint density at radius 1 is 1.33 bits per heavy atom. The number of H-pyrrole nitrogens is 1. The minimum atomic E-state index is -0.551. The Morgan fingerprint density at radius 3 is 2.95 bits per heavy atom. The fourth-order valence-corrected chi connectivity index (χ4v) is 2.67. The molecule has 0 saturated carbocycles. The lowest BCUT2D eigenvalue weighted by Gasteiger charge is -2.21. The van der Waals surface area contributed by atoms with Crippen LogP contribution in [0.25, 0.3) is 0 Å². The molecule has 1 aliphatic carbocycles. The van der Waals surface area contributed by atoms with Crippen molar-refractivity contribution in [2.75, 3.05) is 5.32 Å². The van der Waals surface area contributed by atoms with Gasteiger partial charge in [0.15, 0.2) is 0 Å². The first-order valence-electron chi connectivity index (χ1n) is 6.86. The maximum absolute atomic E-state index is 12.4. The molecule has 1 aliphatic rings. The molecule has 2 amide bonds. The third kappa shape index (κ3) is 2.65. The summed E-state index contributed by atoms with van der Waals surface area (Å²) in [6, 6.07) is 6.76. The van der Waals surface area contributed by atoms with E-state index in [0.717, 1.165) is 24.2 Å². The Bertz CT molecular complexity index is 692. The number of rotatable bonds is 3. The van der Waals surface area contributed by atoms with Crippen molar-refractivity contribution in [3.63, 3.8) is 0 Å². The third-order valence-electron chi connectivity index (χ3n) is 3.81. The maximum atomic E-state index is 12.4. The maximum Gasteiger partial charge on any atom is 0.250 e. The van der Waals surface area contributed by atoms with Gasteiger partial charge in [0.05, 0.1) is 23.3 Å². The molecule has 1 aromatic heterocycles. The molecule has 0 spiro atoms. The number of aryl methyl sites for hydroxylation is 1. The van der Waals surface area contributed by atoms with Gasteiger partial charge in [-0.2, -0.15) is 0 Å². The first-order valence-corrected chi connectivity index (χ1v) is 6.86. The molecular weight excluding hydrogens is 268 g/mol. The highest BCUT2D eigenvalue weighted by atomic mass is 16.2. The molecule has 6 heteroatoms. The number of para-hydroxylation sites is 1. The first-order chi connectivity index (χ1) is 10.1. The van der Waals surface area contributed by atoms with Crippen molar-refractivity contribution >= 4 is 17.5 Å². The fraction of sp³-hybridized carbons (Fsp3) is 0.267. The summed E-state index contributed by atoms with van der Waals surface area (Å²) < 4.78 is 0. The molecule has 108 valence electrons. The zero-order valence-corrected chi connectivity index (χ0v) is 11.4. The number of aromatic amines is 1. The summed E-state index contributed by atoms with van der Waals surface area (Å²) in [6.07, 6.45) is 3.84. The number of hydrogen-bond acceptors (Lipinski definition) is 3. The number of amides is 2. The quantitative estimate of drug-likeness (QED) is 0.790. The lowest BCUT2D eigenvalue weighted by molar-refractivity contribution is -0.120. The summed E-state index contributed by atoms with van der Waals surface area (Å²) in [5, 5.41) is 2.81. The molecule has 0 fully saturated rings. The van der Waals surface area contributed by atoms with Crippen LogP contribution >= 0.6 is 0 Å². The number of hydrogen-bond donors (Lipinski definition) is 3. The van der Waals surface area contributed by atoms with E-state index >= 15 is 0 Å². The van der Waals surface area contributed by atoms with E-state index in [-0.39, 0.29) is 11.8 Å². The molecule has 3 rings (SSSR count). The third-order valence-corrected chi connectivity index (χ3v) is 3.81. The Balaban J connectivity index is 1.75. The molecule has 4 N–H and O–H groups in total. The van der Waals surface area contributed by atoms with E-state index in [4.69, 9.17) is 5.73 Å². The number of benzene rings is 1. The van der Waals surface area contributed by atoms with Gasteiger partial charge >= 0.3 is 0 Å². The van der Waals surface area contributed by atoms with Gasteiger partial charge in [-0.1, -0.05) is 12.1 Å². The first kappa shape index (κ1) is 13.4. The van der Waals surface area contributed by atoms with E-state index in [9.17, 15) is 9.59 Å². The van der Waals surface area contributed by atoms with Crippen LogP contribution in [0.5, 0.6) is 0 Å². The number of nitrogens with zero attached hydrogens (tertiary/aromatic N) is 1. The van der Waals surface area contributed by atoms with Crippen LogP contribution in [-0.4, -0.2) is 21.8 Å². The van der Waals surface area contributed by atoms with Crippen molar-refractivity contribution in [1.82, 2.24) is 9.97 Å². The van der Waals surface area contributed by atoms with Gasteiger partial charge in [0.25, 0.3) is 5.91 Å². The number of anilines is 1. The van der Waals surface area contributed by atoms with Gasteiger partial charge in [-0.15, -0.1) is 0 Å². The van der Waals surface area contributed by atoms with Crippen molar-refractivity contribution < 1.29 is 9.59 Å². The molecule has 0 radical (unpaired) electrons. The monoisotopic (exact) mass is 284 g/mol. The molecule has 1 aromatic carbocycles. The minimum absolute atomic E-state index is 0.0936. The topological polar surface area (TPSA) is 101 Å². The van der Waals surface area contributed by atoms with Crippen LogP contribution in [0.1, 0.15) is 28.2 Å². The number of primary amides is 1. The van der Waals surface area contributed by atoms with Crippen molar-refractivity contribution in [3.8, 4) is 0 Å². The number of nitrogens with one attached hydrogen (secondary N) is 2. The van der Waals surface area contributed by atoms with Gasteiger partial charge in [-0.25, -0.2) is 4.98 Å². The van der Waals surface area contributed by atoms with Gasteiger partial charge < -0.3 is 16.0 Å². The normalized spacial score (nSPS) is 17.0. The lowest BCUT2D eigenvalue weighted by atomic mass is 9.89. The summed E-state index contributed by atoms with van der Waals surface area (Å²) in [4.78, 5) is 31.0. The molecular formula is C15H16N4O2. The fourth-order valence-electron chi connectivity index (χ4n) is 2.67. The summed E-state index contributed by atoms with van der Waals surface area (Å²) in [5.41, 5.74) is 8.16. The van der Waals surface area contributed by atoms with Crippen LogP contribution in [0.3, 0.4) is 0 Å². The van der Waals surface area contributed by atoms with Gasteiger partial charge in [0.1, 0.15) is 0 Å². The number of nitrogens with two attached hydrogens (primary N) is 1. The second-order valence-corrected chi connectivity index (χ2v) is 5.17. The van der Waals surface area contributed by atoms with E-state index in [1.165, 1.54) is 0 Å². The average Bonchev–Trinajstić information content (AvgIpc) is 2.94. The molecule has 0 bridgehead atoms. The zero-order chi connectivity index (χ0) is 14.8. The Hall–Kier alpha value is -2.63. The number of carbonyl (C=O) groups excluding carboxylic acids is 2. The Kier molecular flexibility index (Phi) is 3.43. The molecule has 1 unspecified atom stereocenters. The van der Waals surface area contributed by atoms with Crippen LogP contribution in [0.15, 0.2) is 30.6 Å². The molecule has 6 nitrogen and oxygen atoms in total. The molecule has 0 saturated heterocycles.